The molecule has 2 aromatic heterocycles. The maximum Gasteiger partial charge on any atom is 0.145 e. The third-order valence-electron chi connectivity index (χ3n) is 6.25. The molecule has 4 heteroatoms. The van der Waals surface area contributed by atoms with Crippen molar-refractivity contribution in [2.45, 2.75) is 57.7 Å². The lowest BCUT2D eigenvalue weighted by Crippen LogP contribution is -2.34. The van der Waals surface area contributed by atoms with Crippen LogP contribution < -0.4 is 0 Å². The van der Waals surface area contributed by atoms with Crippen molar-refractivity contribution in [3.05, 3.63) is 59.9 Å². The number of aromatic nitrogens is 2. The van der Waals surface area contributed by atoms with Crippen LogP contribution >= 0.6 is 11.6 Å². The number of carbonyl (C=O) groups excluding carboxylic acids is 1. The number of hydrogen-bond acceptors (Lipinski definition) is 2. The van der Waals surface area contributed by atoms with Gasteiger partial charge in [-0.3, -0.25) is 9.20 Å². The summed E-state index contributed by atoms with van der Waals surface area (Å²) in [7, 11) is 0. The number of ketones is 1. The predicted molar refractivity (Wildman–Crippen MR) is 122 cm³/mol. The number of Topliss-reactive ketones (excluding diaryl/α,β-unsaturated/α-hetero) is 1. The zero-order valence-corrected chi connectivity index (χ0v) is 18.5. The van der Waals surface area contributed by atoms with Gasteiger partial charge in [0, 0.05) is 15.6 Å². The number of hydrogen-bond donors (Lipinski definition) is 0. The second-order valence-electron chi connectivity index (χ2n) is 8.92. The third kappa shape index (κ3) is 3.22. The molecule has 0 aliphatic carbocycles. The lowest BCUT2D eigenvalue weighted by molar-refractivity contribution is -0.122. The summed E-state index contributed by atoms with van der Waals surface area (Å²) < 4.78 is 2.19. The van der Waals surface area contributed by atoms with Crippen molar-refractivity contribution >= 4 is 44.7 Å². The lowest BCUT2D eigenvalue weighted by Gasteiger charge is -2.30. The van der Waals surface area contributed by atoms with Crippen molar-refractivity contribution < 1.29 is 4.79 Å². The number of fused-ring (bicyclic) bond motifs is 6. The van der Waals surface area contributed by atoms with E-state index >= 15 is 0 Å². The van der Waals surface area contributed by atoms with Gasteiger partial charge in [0.15, 0.2) is 0 Å². The molecular formula is C25H27ClN2O. The summed E-state index contributed by atoms with van der Waals surface area (Å²) in [5.74, 6) is 0.133. The number of rotatable bonds is 5. The van der Waals surface area contributed by atoms with E-state index in [0.717, 1.165) is 28.7 Å². The van der Waals surface area contributed by atoms with Crippen LogP contribution in [0.15, 0.2) is 48.7 Å². The first-order valence-corrected chi connectivity index (χ1v) is 10.5. The number of halogens is 1. The zero-order chi connectivity index (χ0) is 21.0. The van der Waals surface area contributed by atoms with Crippen molar-refractivity contribution in [1.82, 2.24) is 9.38 Å². The molecule has 0 N–H and O–H groups in total. The largest absolute Gasteiger partial charge is 0.299 e. The van der Waals surface area contributed by atoms with E-state index in [1.807, 2.05) is 33.0 Å². The summed E-state index contributed by atoms with van der Waals surface area (Å²) in [6.07, 6.45) is 3.29. The Morgan fingerprint density at radius 2 is 1.72 bits per heavy atom. The van der Waals surface area contributed by atoms with Gasteiger partial charge in [-0.05, 0) is 64.5 Å². The fraction of sp³-hybridized carbons (Fsp3) is 0.360. The van der Waals surface area contributed by atoms with Gasteiger partial charge in [0.1, 0.15) is 11.4 Å². The van der Waals surface area contributed by atoms with Gasteiger partial charge in [0.25, 0.3) is 0 Å². The summed E-state index contributed by atoms with van der Waals surface area (Å²) in [6, 6.07) is 14.7. The molecule has 0 radical (unpaired) electrons. The monoisotopic (exact) mass is 406 g/mol. The molecule has 29 heavy (non-hydrogen) atoms. The lowest BCUT2D eigenvalue weighted by atomic mass is 9.77. The van der Waals surface area contributed by atoms with Gasteiger partial charge in [0.05, 0.1) is 22.8 Å². The van der Waals surface area contributed by atoms with E-state index in [9.17, 15) is 4.79 Å². The van der Waals surface area contributed by atoms with E-state index in [0.29, 0.717) is 6.42 Å². The Balaban J connectivity index is 2.10. The number of imidazole rings is 1. The highest BCUT2D eigenvalue weighted by Gasteiger charge is 2.37. The second kappa shape index (κ2) is 6.84. The number of alkyl halides is 1. The van der Waals surface area contributed by atoms with E-state index in [4.69, 9.17) is 16.6 Å². The van der Waals surface area contributed by atoms with Crippen LogP contribution in [0.4, 0.5) is 0 Å². The van der Waals surface area contributed by atoms with Crippen molar-refractivity contribution in [3.8, 4) is 0 Å². The van der Waals surface area contributed by atoms with Gasteiger partial charge in [-0.15, -0.1) is 11.6 Å². The minimum Gasteiger partial charge on any atom is -0.299 e. The molecule has 4 aromatic rings. The molecule has 0 spiro atoms. The van der Waals surface area contributed by atoms with Crippen LogP contribution in [-0.4, -0.2) is 20.0 Å². The average Bonchev–Trinajstić information content (AvgIpc) is 3.11. The summed E-state index contributed by atoms with van der Waals surface area (Å²) in [5.41, 5.74) is 3.47. The number of carbonyl (C=O) groups is 1. The maximum absolute atomic E-state index is 12.9. The summed E-state index contributed by atoms with van der Waals surface area (Å²) in [5, 5.41) is 3.50. The highest BCUT2D eigenvalue weighted by molar-refractivity contribution is 6.23. The first-order valence-electron chi connectivity index (χ1n) is 10.1. The predicted octanol–water partition coefficient (Wildman–Crippen LogP) is 6.59. The second-order valence-corrected chi connectivity index (χ2v) is 9.95. The van der Waals surface area contributed by atoms with Crippen molar-refractivity contribution in [2.24, 2.45) is 0 Å². The van der Waals surface area contributed by atoms with Crippen molar-refractivity contribution in [1.29, 1.82) is 0 Å². The fourth-order valence-electron chi connectivity index (χ4n) is 4.29. The number of benzene rings is 2. The molecule has 0 saturated carbocycles. The van der Waals surface area contributed by atoms with Crippen molar-refractivity contribution in [3.63, 3.8) is 0 Å². The molecule has 3 nitrogen and oxygen atoms in total. The van der Waals surface area contributed by atoms with Crippen LogP contribution in [-0.2, 0) is 10.2 Å². The summed E-state index contributed by atoms with van der Waals surface area (Å²) in [4.78, 5) is 17.3. The van der Waals surface area contributed by atoms with E-state index < -0.39 is 5.41 Å². The Morgan fingerprint density at radius 3 is 2.38 bits per heavy atom. The molecule has 1 atom stereocenters. The van der Waals surface area contributed by atoms with Gasteiger partial charge in [-0.25, -0.2) is 4.98 Å². The quantitative estimate of drug-likeness (QED) is 0.276. The normalized spacial score (nSPS) is 14.6. The van der Waals surface area contributed by atoms with Crippen LogP contribution in [0.2, 0.25) is 0 Å². The Morgan fingerprint density at radius 1 is 1.03 bits per heavy atom. The highest BCUT2D eigenvalue weighted by Crippen LogP contribution is 2.38. The van der Waals surface area contributed by atoms with Crippen LogP contribution in [0.3, 0.4) is 0 Å². The van der Waals surface area contributed by atoms with Crippen LogP contribution in [0.5, 0.6) is 0 Å². The molecule has 4 rings (SSSR count). The Labute approximate surface area is 176 Å². The summed E-state index contributed by atoms with van der Waals surface area (Å²) >= 11 is 6.48. The molecular weight excluding hydrogens is 380 g/mol. The number of aryl methyl sites for hydroxylation is 1. The molecule has 0 bridgehead atoms. The SMILES string of the molecule is CC(=O)C(C)(CCC(C)(C)Cl)c1cnc2c3ccccc3c3c(C)cccc3n12. The Kier molecular flexibility index (Phi) is 4.70. The average molecular weight is 407 g/mol. The molecule has 2 aromatic carbocycles. The molecule has 0 aliphatic heterocycles. The first-order chi connectivity index (χ1) is 13.6. The Hall–Kier alpha value is -2.39. The minimum atomic E-state index is -0.662. The van der Waals surface area contributed by atoms with Gasteiger partial charge >= 0.3 is 0 Å². The van der Waals surface area contributed by atoms with Crippen LogP contribution in [0.1, 0.15) is 51.8 Å². The van der Waals surface area contributed by atoms with E-state index in [1.54, 1.807) is 6.92 Å². The van der Waals surface area contributed by atoms with Crippen molar-refractivity contribution in [2.75, 3.05) is 0 Å². The van der Waals surface area contributed by atoms with Gasteiger partial charge in [0.2, 0.25) is 0 Å². The van der Waals surface area contributed by atoms with Gasteiger partial charge < -0.3 is 0 Å². The highest BCUT2D eigenvalue weighted by atomic mass is 35.5. The standard InChI is InChI=1S/C25H27ClN2O/c1-16-9-8-12-20-22(16)18-10-6-7-11-19(18)23-27-15-21(28(20)23)25(5,17(2)29)14-13-24(3,4)26/h6-12,15H,13-14H2,1-5H3. The molecule has 0 fully saturated rings. The molecule has 0 amide bonds. The smallest absolute Gasteiger partial charge is 0.145 e. The molecule has 2 heterocycles. The molecule has 0 aliphatic rings. The van der Waals surface area contributed by atoms with Crippen LogP contribution in [0, 0.1) is 6.92 Å². The maximum atomic E-state index is 12.9. The zero-order valence-electron chi connectivity index (χ0n) is 17.7. The van der Waals surface area contributed by atoms with Gasteiger partial charge in [-0.2, -0.15) is 0 Å². The first kappa shape index (κ1) is 19.9. The number of nitrogens with zero attached hydrogens (tertiary/aromatic N) is 2. The molecule has 150 valence electrons. The van der Waals surface area contributed by atoms with Gasteiger partial charge in [-0.1, -0.05) is 36.4 Å². The van der Waals surface area contributed by atoms with Crippen LogP contribution in [0.25, 0.3) is 27.3 Å². The van der Waals surface area contributed by atoms with E-state index in [-0.39, 0.29) is 10.7 Å². The van der Waals surface area contributed by atoms with E-state index in [1.165, 1.54) is 16.3 Å². The minimum absolute atomic E-state index is 0.133. The van der Waals surface area contributed by atoms with E-state index in [2.05, 4.69) is 47.7 Å². The third-order valence-corrected chi connectivity index (χ3v) is 6.44. The molecule has 0 saturated heterocycles. The molecule has 1 unspecified atom stereocenters. The Bertz CT molecular complexity index is 1250. The fourth-order valence-corrected chi connectivity index (χ4v) is 4.39. The summed E-state index contributed by atoms with van der Waals surface area (Å²) in [6.45, 7) is 9.83. The topological polar surface area (TPSA) is 34.4 Å². The number of pyridine rings is 1.